The summed E-state index contributed by atoms with van der Waals surface area (Å²) in [4.78, 5) is 33.7. The van der Waals surface area contributed by atoms with Crippen LogP contribution in [0.1, 0.15) is 32.5 Å². The number of aryl methyl sites for hydroxylation is 2. The molecule has 0 radical (unpaired) electrons. The largest absolute Gasteiger partial charge is 0.376 e. The van der Waals surface area contributed by atoms with Gasteiger partial charge in [0.1, 0.15) is 5.82 Å². The van der Waals surface area contributed by atoms with Crippen LogP contribution in [0.3, 0.4) is 0 Å². The molecule has 1 aliphatic heterocycles. The van der Waals surface area contributed by atoms with Crippen molar-refractivity contribution in [2.45, 2.75) is 45.9 Å². The Balaban J connectivity index is 2.01. The van der Waals surface area contributed by atoms with Crippen molar-refractivity contribution < 1.29 is 4.74 Å². The van der Waals surface area contributed by atoms with Gasteiger partial charge in [-0.1, -0.05) is 13.3 Å². The standard InChI is InChI=1S/C16H25N5O3/c1-4-5-6-21-14-13(15(22)18-16(21)23)19(3)12(17-14)10-20-7-8-24-11(2)9-20/h11H,4-10H2,1-3H3,(H,18,22,23)/t11-/m1/s1. The first-order chi connectivity index (χ1) is 11.5. The van der Waals surface area contributed by atoms with E-state index in [9.17, 15) is 9.59 Å². The van der Waals surface area contributed by atoms with E-state index < -0.39 is 0 Å². The maximum Gasteiger partial charge on any atom is 0.330 e. The van der Waals surface area contributed by atoms with Crippen LogP contribution in [0.25, 0.3) is 11.2 Å². The normalized spacial score (nSPS) is 19.2. The molecule has 132 valence electrons. The van der Waals surface area contributed by atoms with Crippen molar-refractivity contribution in [3.8, 4) is 0 Å². The van der Waals surface area contributed by atoms with E-state index in [-0.39, 0.29) is 17.4 Å². The van der Waals surface area contributed by atoms with E-state index in [2.05, 4.69) is 21.8 Å². The second-order valence-electron chi connectivity index (χ2n) is 6.44. The predicted octanol–water partition coefficient (Wildman–Crippen LogP) is 0.444. The molecule has 0 unspecified atom stereocenters. The summed E-state index contributed by atoms with van der Waals surface area (Å²) >= 11 is 0. The highest BCUT2D eigenvalue weighted by molar-refractivity contribution is 5.70. The topological polar surface area (TPSA) is 85.2 Å². The number of hydrogen-bond donors (Lipinski definition) is 1. The molecular formula is C16H25N5O3. The fourth-order valence-corrected chi connectivity index (χ4v) is 3.19. The third kappa shape index (κ3) is 3.16. The molecule has 0 aromatic carbocycles. The highest BCUT2D eigenvalue weighted by atomic mass is 16.5. The van der Waals surface area contributed by atoms with Gasteiger partial charge in [0.2, 0.25) is 0 Å². The molecule has 3 rings (SSSR count). The van der Waals surface area contributed by atoms with Crippen molar-refractivity contribution in [2.75, 3.05) is 19.7 Å². The minimum absolute atomic E-state index is 0.194. The van der Waals surface area contributed by atoms with Crippen molar-refractivity contribution in [3.05, 3.63) is 26.7 Å². The van der Waals surface area contributed by atoms with E-state index in [0.717, 1.165) is 31.8 Å². The van der Waals surface area contributed by atoms with Gasteiger partial charge in [-0.05, 0) is 13.3 Å². The first-order valence-corrected chi connectivity index (χ1v) is 8.53. The zero-order valence-electron chi connectivity index (χ0n) is 14.5. The monoisotopic (exact) mass is 335 g/mol. The number of aromatic amines is 1. The minimum Gasteiger partial charge on any atom is -0.376 e. The summed E-state index contributed by atoms with van der Waals surface area (Å²) < 4.78 is 8.94. The highest BCUT2D eigenvalue weighted by Gasteiger charge is 2.21. The van der Waals surface area contributed by atoms with Crippen LogP contribution in [0.5, 0.6) is 0 Å². The Bertz CT molecular complexity index is 835. The summed E-state index contributed by atoms with van der Waals surface area (Å²) in [6.07, 6.45) is 2.03. The van der Waals surface area contributed by atoms with Gasteiger partial charge in [0.25, 0.3) is 5.56 Å². The summed E-state index contributed by atoms with van der Waals surface area (Å²) in [5.74, 6) is 0.792. The fraction of sp³-hybridized carbons (Fsp3) is 0.688. The van der Waals surface area contributed by atoms with E-state index in [1.54, 1.807) is 9.13 Å². The van der Waals surface area contributed by atoms with Gasteiger partial charge in [0.05, 0.1) is 19.3 Å². The first kappa shape index (κ1) is 16.9. The van der Waals surface area contributed by atoms with E-state index in [1.807, 2.05) is 14.0 Å². The molecule has 24 heavy (non-hydrogen) atoms. The number of H-pyrrole nitrogens is 1. The smallest absolute Gasteiger partial charge is 0.330 e. The molecule has 3 heterocycles. The molecule has 1 atom stereocenters. The number of hydrogen-bond acceptors (Lipinski definition) is 5. The average Bonchev–Trinajstić information content (AvgIpc) is 2.84. The van der Waals surface area contributed by atoms with E-state index in [1.165, 1.54) is 0 Å². The lowest BCUT2D eigenvalue weighted by atomic mass is 10.3. The lowest BCUT2D eigenvalue weighted by molar-refractivity contribution is -0.0222. The SMILES string of the molecule is CCCCn1c(=O)[nH]c(=O)c2c1nc(CN1CCO[C@H](C)C1)n2C. The van der Waals surface area contributed by atoms with Crippen molar-refractivity contribution in [3.63, 3.8) is 0 Å². The Hall–Kier alpha value is -1.93. The molecule has 8 heteroatoms. The summed E-state index contributed by atoms with van der Waals surface area (Å²) in [6.45, 7) is 7.70. The summed E-state index contributed by atoms with van der Waals surface area (Å²) in [7, 11) is 1.83. The third-order valence-electron chi connectivity index (χ3n) is 4.53. The molecule has 0 saturated carbocycles. The van der Waals surface area contributed by atoms with Gasteiger partial charge in [0, 0.05) is 26.7 Å². The predicted molar refractivity (Wildman–Crippen MR) is 91.2 cm³/mol. The lowest BCUT2D eigenvalue weighted by Crippen LogP contribution is -2.40. The van der Waals surface area contributed by atoms with Gasteiger partial charge in [-0.2, -0.15) is 0 Å². The van der Waals surface area contributed by atoms with Gasteiger partial charge in [0.15, 0.2) is 11.2 Å². The summed E-state index contributed by atoms with van der Waals surface area (Å²) in [6, 6.07) is 0. The van der Waals surface area contributed by atoms with E-state index in [4.69, 9.17) is 4.74 Å². The number of unbranched alkanes of at least 4 members (excludes halogenated alkanes) is 1. The first-order valence-electron chi connectivity index (χ1n) is 8.53. The average molecular weight is 335 g/mol. The quantitative estimate of drug-likeness (QED) is 0.857. The van der Waals surface area contributed by atoms with Crippen LogP contribution < -0.4 is 11.2 Å². The summed E-state index contributed by atoms with van der Waals surface area (Å²) in [5.41, 5.74) is 0.183. The number of aromatic nitrogens is 4. The van der Waals surface area contributed by atoms with Gasteiger partial charge in [-0.3, -0.25) is 19.2 Å². The van der Waals surface area contributed by atoms with Crippen LogP contribution >= 0.6 is 0 Å². The summed E-state index contributed by atoms with van der Waals surface area (Å²) in [5, 5.41) is 0. The number of morpholine rings is 1. The zero-order valence-corrected chi connectivity index (χ0v) is 14.5. The molecule has 2 aromatic rings. The maximum absolute atomic E-state index is 12.2. The number of nitrogens with one attached hydrogen (secondary N) is 1. The highest BCUT2D eigenvalue weighted by Crippen LogP contribution is 2.14. The van der Waals surface area contributed by atoms with Crippen molar-refractivity contribution in [1.29, 1.82) is 0 Å². The minimum atomic E-state index is -0.384. The van der Waals surface area contributed by atoms with Crippen molar-refractivity contribution in [2.24, 2.45) is 7.05 Å². The molecule has 1 N–H and O–H groups in total. The van der Waals surface area contributed by atoms with E-state index in [0.29, 0.717) is 30.9 Å². The number of imidazole rings is 1. The molecule has 1 aliphatic rings. The molecule has 1 saturated heterocycles. The lowest BCUT2D eigenvalue weighted by Gasteiger charge is -2.30. The molecule has 1 fully saturated rings. The van der Waals surface area contributed by atoms with Gasteiger partial charge in [-0.15, -0.1) is 0 Å². The molecular weight excluding hydrogens is 310 g/mol. The number of rotatable bonds is 5. The second kappa shape index (κ2) is 6.90. The molecule has 0 amide bonds. The van der Waals surface area contributed by atoms with Crippen LogP contribution in [-0.4, -0.2) is 49.8 Å². The van der Waals surface area contributed by atoms with Gasteiger partial charge in [-0.25, -0.2) is 9.78 Å². The third-order valence-corrected chi connectivity index (χ3v) is 4.53. The van der Waals surface area contributed by atoms with Gasteiger partial charge < -0.3 is 9.30 Å². The van der Waals surface area contributed by atoms with Crippen molar-refractivity contribution >= 4 is 11.2 Å². The number of nitrogens with zero attached hydrogens (tertiary/aromatic N) is 4. The second-order valence-corrected chi connectivity index (χ2v) is 6.44. The Labute approximate surface area is 140 Å². The molecule has 0 bridgehead atoms. The van der Waals surface area contributed by atoms with Crippen LogP contribution in [0.15, 0.2) is 9.59 Å². The maximum atomic E-state index is 12.2. The van der Waals surface area contributed by atoms with Crippen molar-refractivity contribution in [1.82, 2.24) is 24.0 Å². The van der Waals surface area contributed by atoms with Crippen LogP contribution in [-0.2, 0) is 24.9 Å². The molecule has 2 aromatic heterocycles. The Morgan fingerprint density at radius 1 is 1.38 bits per heavy atom. The van der Waals surface area contributed by atoms with Crippen LogP contribution in [0, 0.1) is 0 Å². The number of fused-ring (bicyclic) bond motifs is 1. The fourth-order valence-electron chi connectivity index (χ4n) is 3.19. The van der Waals surface area contributed by atoms with Gasteiger partial charge >= 0.3 is 5.69 Å². The molecule has 0 aliphatic carbocycles. The van der Waals surface area contributed by atoms with Crippen LogP contribution in [0.4, 0.5) is 0 Å². The van der Waals surface area contributed by atoms with Crippen LogP contribution in [0.2, 0.25) is 0 Å². The Morgan fingerprint density at radius 3 is 2.88 bits per heavy atom. The Morgan fingerprint density at radius 2 is 2.17 bits per heavy atom. The zero-order chi connectivity index (χ0) is 17.3. The van der Waals surface area contributed by atoms with E-state index >= 15 is 0 Å². The number of ether oxygens (including phenoxy) is 1. The Kier molecular flexibility index (Phi) is 4.86. The molecule has 8 nitrogen and oxygen atoms in total. The molecule has 0 spiro atoms.